The number of furan rings is 1. The maximum absolute atomic E-state index is 12.3. The molecule has 2 aromatic heterocycles. The molecule has 0 saturated carbocycles. The monoisotopic (exact) mass is 338 g/mol. The summed E-state index contributed by atoms with van der Waals surface area (Å²) >= 11 is 0. The maximum atomic E-state index is 12.3. The molecule has 25 heavy (non-hydrogen) atoms. The van der Waals surface area contributed by atoms with E-state index in [2.05, 4.69) is 16.5 Å². The third-order valence-electron chi connectivity index (χ3n) is 4.58. The van der Waals surface area contributed by atoms with Crippen LogP contribution in [0.5, 0.6) is 0 Å². The first-order valence-electron chi connectivity index (χ1n) is 8.21. The Kier molecular flexibility index (Phi) is 3.89. The van der Waals surface area contributed by atoms with Crippen LogP contribution < -0.4 is 5.32 Å². The number of aromatic nitrogens is 1. The minimum atomic E-state index is -0.947. The van der Waals surface area contributed by atoms with Gasteiger partial charge >= 0.3 is 0 Å². The van der Waals surface area contributed by atoms with Gasteiger partial charge in [0.1, 0.15) is 0 Å². The summed E-state index contributed by atoms with van der Waals surface area (Å²) in [6, 6.07) is 13.1. The van der Waals surface area contributed by atoms with Gasteiger partial charge in [0.2, 0.25) is 5.76 Å². The molecule has 0 bridgehead atoms. The molecule has 6 heteroatoms. The molecule has 0 unspecified atom stereocenters. The fourth-order valence-electron chi connectivity index (χ4n) is 3.19. The Balaban J connectivity index is 1.41. The van der Waals surface area contributed by atoms with E-state index in [1.54, 1.807) is 12.1 Å². The van der Waals surface area contributed by atoms with Gasteiger partial charge in [-0.15, -0.1) is 0 Å². The zero-order chi connectivity index (χ0) is 17.3. The molecule has 1 aliphatic carbocycles. The average molecular weight is 338 g/mol. The van der Waals surface area contributed by atoms with Crippen LogP contribution in [0.15, 0.2) is 57.7 Å². The van der Waals surface area contributed by atoms with E-state index in [1.807, 2.05) is 18.2 Å². The third kappa shape index (κ3) is 3.21. The average Bonchev–Trinajstić information content (AvgIpc) is 3.31. The van der Waals surface area contributed by atoms with Gasteiger partial charge in [0, 0.05) is 19.0 Å². The molecule has 1 aromatic carbocycles. The fourth-order valence-corrected chi connectivity index (χ4v) is 3.19. The summed E-state index contributed by atoms with van der Waals surface area (Å²) in [7, 11) is 0. The highest BCUT2D eigenvalue weighted by atomic mass is 16.5. The number of amides is 1. The maximum Gasteiger partial charge on any atom is 0.273 e. The fraction of sp³-hybridized carbons (Fsp3) is 0.263. The number of nitrogens with zero attached hydrogens (tertiary/aromatic N) is 1. The number of carbonyl (C=O) groups excluding carboxylic acids is 1. The summed E-state index contributed by atoms with van der Waals surface area (Å²) in [5, 5.41) is 17.3. The molecular formula is C19H18N2O4. The second-order valence-corrected chi connectivity index (χ2v) is 6.41. The lowest BCUT2D eigenvalue weighted by molar-refractivity contribution is 0.0259. The van der Waals surface area contributed by atoms with Crippen molar-refractivity contribution in [1.82, 2.24) is 10.5 Å². The summed E-state index contributed by atoms with van der Waals surface area (Å²) in [6.07, 6.45) is 3.46. The lowest BCUT2D eigenvalue weighted by Crippen LogP contribution is -2.46. The van der Waals surface area contributed by atoms with Crippen molar-refractivity contribution in [3.05, 3.63) is 65.5 Å². The van der Waals surface area contributed by atoms with E-state index < -0.39 is 5.60 Å². The predicted octanol–water partition coefficient (Wildman–Crippen LogP) is 2.58. The van der Waals surface area contributed by atoms with Gasteiger partial charge in [0.15, 0.2) is 11.5 Å². The highest BCUT2D eigenvalue weighted by Gasteiger charge is 2.32. The van der Waals surface area contributed by atoms with E-state index in [-0.39, 0.29) is 18.1 Å². The number of nitrogens with one attached hydrogen (secondary N) is 1. The van der Waals surface area contributed by atoms with E-state index >= 15 is 0 Å². The first kappa shape index (κ1) is 15.7. The van der Waals surface area contributed by atoms with Gasteiger partial charge in [-0.2, -0.15) is 0 Å². The molecule has 0 spiro atoms. The Morgan fingerprint density at radius 2 is 2.04 bits per heavy atom. The second kappa shape index (κ2) is 6.22. The summed E-state index contributed by atoms with van der Waals surface area (Å²) in [5.41, 5.74) is 1.61. The Morgan fingerprint density at radius 3 is 2.84 bits per heavy atom. The van der Waals surface area contributed by atoms with Gasteiger partial charge in [0.25, 0.3) is 5.91 Å². The molecule has 1 atom stereocenters. The number of carbonyl (C=O) groups is 1. The van der Waals surface area contributed by atoms with Crippen LogP contribution in [0.3, 0.4) is 0 Å². The van der Waals surface area contributed by atoms with Crippen molar-refractivity contribution in [2.75, 3.05) is 6.54 Å². The number of aliphatic hydroxyl groups is 1. The van der Waals surface area contributed by atoms with Crippen LogP contribution in [0, 0.1) is 0 Å². The van der Waals surface area contributed by atoms with E-state index in [1.165, 1.54) is 17.9 Å². The van der Waals surface area contributed by atoms with Crippen molar-refractivity contribution in [2.45, 2.75) is 24.9 Å². The van der Waals surface area contributed by atoms with Gasteiger partial charge in [-0.1, -0.05) is 29.4 Å². The number of fused-ring (bicyclic) bond motifs is 1. The van der Waals surface area contributed by atoms with Crippen molar-refractivity contribution in [1.29, 1.82) is 0 Å². The Hall–Kier alpha value is -2.86. The predicted molar refractivity (Wildman–Crippen MR) is 90.0 cm³/mol. The summed E-state index contributed by atoms with van der Waals surface area (Å²) in [5.74, 6) is 0.517. The Morgan fingerprint density at radius 1 is 1.20 bits per heavy atom. The minimum absolute atomic E-state index is 0.159. The third-order valence-corrected chi connectivity index (χ3v) is 4.58. The van der Waals surface area contributed by atoms with Gasteiger partial charge in [0.05, 0.1) is 11.9 Å². The first-order chi connectivity index (χ1) is 12.1. The van der Waals surface area contributed by atoms with Crippen molar-refractivity contribution < 1.29 is 18.8 Å². The first-order valence-corrected chi connectivity index (χ1v) is 8.21. The van der Waals surface area contributed by atoms with Gasteiger partial charge in [-0.3, -0.25) is 4.79 Å². The molecule has 0 saturated heterocycles. The molecule has 0 radical (unpaired) electrons. The highest BCUT2D eigenvalue weighted by Crippen LogP contribution is 2.28. The number of hydrogen-bond acceptors (Lipinski definition) is 5. The molecule has 4 rings (SSSR count). The van der Waals surface area contributed by atoms with Crippen LogP contribution in [-0.4, -0.2) is 28.3 Å². The molecule has 6 nitrogen and oxygen atoms in total. The SMILES string of the molecule is O=C(NC[C@]1(O)CCc2ccccc2C1)c1cc(-c2ccco2)on1. The molecule has 3 aromatic rings. The standard InChI is InChI=1S/C19H18N2O4/c22-18(15-10-17(25-21-15)16-6-3-9-24-16)20-12-19(23)8-7-13-4-1-2-5-14(13)11-19/h1-6,9-10,23H,7-8,11-12H2,(H,20,22)/t19-/m0/s1. The van der Waals surface area contributed by atoms with Gasteiger partial charge in [-0.05, 0) is 36.1 Å². The Bertz CT molecular complexity index is 884. The molecule has 1 aliphatic rings. The van der Waals surface area contributed by atoms with Crippen LogP contribution in [0.4, 0.5) is 0 Å². The summed E-state index contributed by atoms with van der Waals surface area (Å²) in [4.78, 5) is 12.3. The highest BCUT2D eigenvalue weighted by molar-refractivity contribution is 5.93. The number of aryl methyl sites for hydroxylation is 1. The van der Waals surface area contributed by atoms with Crippen molar-refractivity contribution in [2.24, 2.45) is 0 Å². The molecule has 1 amide bonds. The molecule has 0 aliphatic heterocycles. The number of hydrogen-bond donors (Lipinski definition) is 2. The van der Waals surface area contributed by atoms with Crippen molar-refractivity contribution in [3.8, 4) is 11.5 Å². The summed E-state index contributed by atoms with van der Waals surface area (Å²) in [6.45, 7) is 0.170. The van der Waals surface area contributed by atoms with Crippen LogP contribution >= 0.6 is 0 Å². The molecule has 2 heterocycles. The van der Waals surface area contributed by atoms with Gasteiger partial charge in [-0.25, -0.2) is 0 Å². The minimum Gasteiger partial charge on any atom is -0.461 e. The van der Waals surface area contributed by atoms with Crippen molar-refractivity contribution in [3.63, 3.8) is 0 Å². The molecule has 128 valence electrons. The Labute approximate surface area is 144 Å². The topological polar surface area (TPSA) is 88.5 Å². The van der Waals surface area contributed by atoms with Crippen LogP contribution in [0.1, 0.15) is 28.0 Å². The second-order valence-electron chi connectivity index (χ2n) is 6.41. The van der Waals surface area contributed by atoms with E-state index in [0.29, 0.717) is 24.4 Å². The molecule has 2 N–H and O–H groups in total. The summed E-state index contributed by atoms with van der Waals surface area (Å²) < 4.78 is 10.3. The zero-order valence-corrected chi connectivity index (χ0v) is 13.6. The van der Waals surface area contributed by atoms with Gasteiger partial charge < -0.3 is 19.4 Å². The van der Waals surface area contributed by atoms with E-state index in [0.717, 1.165) is 12.0 Å². The largest absolute Gasteiger partial charge is 0.461 e. The lowest BCUT2D eigenvalue weighted by atomic mass is 9.80. The quantitative estimate of drug-likeness (QED) is 0.763. The van der Waals surface area contributed by atoms with Crippen molar-refractivity contribution >= 4 is 5.91 Å². The molecule has 0 fully saturated rings. The smallest absolute Gasteiger partial charge is 0.273 e. The van der Waals surface area contributed by atoms with Crippen LogP contribution in [0.25, 0.3) is 11.5 Å². The zero-order valence-electron chi connectivity index (χ0n) is 13.6. The van der Waals surface area contributed by atoms with Crippen LogP contribution in [0.2, 0.25) is 0 Å². The van der Waals surface area contributed by atoms with E-state index in [9.17, 15) is 9.90 Å². The molecular weight excluding hydrogens is 320 g/mol. The van der Waals surface area contributed by atoms with E-state index in [4.69, 9.17) is 8.94 Å². The van der Waals surface area contributed by atoms with Crippen LogP contribution in [-0.2, 0) is 12.8 Å². The normalized spacial score (nSPS) is 19.4. The lowest BCUT2D eigenvalue weighted by Gasteiger charge is -2.33. The number of rotatable bonds is 4. The number of benzene rings is 1.